The lowest BCUT2D eigenvalue weighted by atomic mass is 10.2. The molecule has 3 heterocycles. The molecule has 0 saturated carbocycles. The Morgan fingerprint density at radius 1 is 1.30 bits per heavy atom. The first-order valence-corrected chi connectivity index (χ1v) is 9.98. The summed E-state index contributed by atoms with van der Waals surface area (Å²) in [6, 6.07) is 7.84. The SMILES string of the molecule is CCc1ccc2nc(N(CCN3CCOCC3)C(=O)c3ccno3)sc2c1. The molecule has 1 aromatic carbocycles. The van der Waals surface area contributed by atoms with Crippen LogP contribution in [-0.2, 0) is 11.2 Å². The number of nitrogens with zero attached hydrogens (tertiary/aromatic N) is 4. The van der Waals surface area contributed by atoms with Crippen LogP contribution in [0.5, 0.6) is 0 Å². The lowest BCUT2D eigenvalue weighted by Crippen LogP contribution is -2.43. The zero-order valence-electron chi connectivity index (χ0n) is 15.3. The maximum absolute atomic E-state index is 13.0. The highest BCUT2D eigenvalue weighted by Gasteiger charge is 2.25. The summed E-state index contributed by atoms with van der Waals surface area (Å²) in [6.45, 7) is 6.66. The number of hydrogen-bond acceptors (Lipinski definition) is 7. The van der Waals surface area contributed by atoms with Crippen molar-refractivity contribution in [3.8, 4) is 0 Å². The first kappa shape index (κ1) is 18.1. The van der Waals surface area contributed by atoms with E-state index in [4.69, 9.17) is 14.2 Å². The van der Waals surface area contributed by atoms with Gasteiger partial charge in [-0.2, -0.15) is 0 Å². The Morgan fingerprint density at radius 2 is 2.15 bits per heavy atom. The minimum atomic E-state index is -0.212. The summed E-state index contributed by atoms with van der Waals surface area (Å²) in [7, 11) is 0. The number of aryl methyl sites for hydroxylation is 1. The monoisotopic (exact) mass is 386 g/mol. The van der Waals surface area contributed by atoms with E-state index in [0.29, 0.717) is 11.7 Å². The van der Waals surface area contributed by atoms with Gasteiger partial charge < -0.3 is 9.26 Å². The molecule has 27 heavy (non-hydrogen) atoms. The topological polar surface area (TPSA) is 71.7 Å². The molecule has 0 spiro atoms. The Bertz CT molecular complexity index is 903. The number of morpholine rings is 1. The molecule has 3 aromatic rings. The summed E-state index contributed by atoms with van der Waals surface area (Å²) in [5, 5.41) is 4.36. The van der Waals surface area contributed by atoms with Gasteiger partial charge in [0.1, 0.15) is 0 Å². The summed E-state index contributed by atoms with van der Waals surface area (Å²) < 4.78 is 11.6. The van der Waals surface area contributed by atoms with Gasteiger partial charge in [-0.25, -0.2) is 4.98 Å². The van der Waals surface area contributed by atoms with Gasteiger partial charge in [-0.3, -0.25) is 14.6 Å². The molecule has 8 heteroatoms. The summed E-state index contributed by atoms with van der Waals surface area (Å²) in [5.74, 6) is 0.0148. The molecule has 0 N–H and O–H groups in total. The molecule has 1 fully saturated rings. The predicted octanol–water partition coefficient (Wildman–Crippen LogP) is 2.83. The number of hydrogen-bond donors (Lipinski definition) is 0. The molecule has 0 aliphatic carbocycles. The number of aromatic nitrogens is 2. The second-order valence-corrected chi connectivity index (χ2v) is 7.45. The van der Waals surface area contributed by atoms with E-state index < -0.39 is 0 Å². The molecule has 1 amide bonds. The van der Waals surface area contributed by atoms with E-state index in [1.54, 1.807) is 11.0 Å². The lowest BCUT2D eigenvalue weighted by molar-refractivity contribution is 0.0390. The average molecular weight is 386 g/mol. The van der Waals surface area contributed by atoms with Crippen LogP contribution < -0.4 is 4.90 Å². The molecule has 4 rings (SSSR count). The number of thiazole rings is 1. The van der Waals surface area contributed by atoms with Crippen molar-refractivity contribution in [3.63, 3.8) is 0 Å². The van der Waals surface area contributed by atoms with Gasteiger partial charge in [0.15, 0.2) is 5.13 Å². The number of amides is 1. The smallest absolute Gasteiger partial charge is 0.298 e. The third-order valence-electron chi connectivity index (χ3n) is 4.72. The van der Waals surface area contributed by atoms with Gasteiger partial charge in [0.25, 0.3) is 5.91 Å². The van der Waals surface area contributed by atoms with Gasteiger partial charge in [-0.05, 0) is 24.1 Å². The van der Waals surface area contributed by atoms with Crippen molar-refractivity contribution in [2.45, 2.75) is 13.3 Å². The van der Waals surface area contributed by atoms with Crippen LogP contribution in [0.3, 0.4) is 0 Å². The highest BCUT2D eigenvalue weighted by atomic mass is 32.1. The quantitative estimate of drug-likeness (QED) is 0.649. The molecule has 0 bridgehead atoms. The fourth-order valence-corrected chi connectivity index (χ4v) is 4.16. The molecule has 1 aliphatic heterocycles. The number of carbonyl (C=O) groups is 1. The second kappa shape index (κ2) is 8.16. The Morgan fingerprint density at radius 3 is 2.89 bits per heavy atom. The largest absolute Gasteiger partial charge is 0.379 e. The van der Waals surface area contributed by atoms with Gasteiger partial charge in [-0.15, -0.1) is 0 Å². The number of fused-ring (bicyclic) bond motifs is 1. The lowest BCUT2D eigenvalue weighted by Gasteiger charge is -2.28. The Hall–Kier alpha value is -2.29. The van der Waals surface area contributed by atoms with Crippen LogP contribution in [0, 0.1) is 0 Å². The highest BCUT2D eigenvalue weighted by molar-refractivity contribution is 7.22. The summed E-state index contributed by atoms with van der Waals surface area (Å²) >= 11 is 1.54. The second-order valence-electron chi connectivity index (χ2n) is 6.44. The molecule has 1 saturated heterocycles. The van der Waals surface area contributed by atoms with Crippen molar-refractivity contribution in [2.75, 3.05) is 44.3 Å². The fourth-order valence-electron chi connectivity index (χ4n) is 3.10. The van der Waals surface area contributed by atoms with Crippen LogP contribution in [0.1, 0.15) is 23.0 Å². The summed E-state index contributed by atoms with van der Waals surface area (Å²) in [6.07, 6.45) is 2.46. The van der Waals surface area contributed by atoms with Gasteiger partial charge in [0.2, 0.25) is 5.76 Å². The highest BCUT2D eigenvalue weighted by Crippen LogP contribution is 2.30. The summed E-state index contributed by atoms with van der Waals surface area (Å²) in [4.78, 5) is 21.7. The molecule has 0 radical (unpaired) electrons. The van der Waals surface area contributed by atoms with Crippen molar-refractivity contribution in [2.24, 2.45) is 0 Å². The number of rotatable bonds is 6. The van der Waals surface area contributed by atoms with Crippen molar-refractivity contribution in [1.29, 1.82) is 0 Å². The van der Waals surface area contributed by atoms with Crippen LogP contribution in [0.4, 0.5) is 5.13 Å². The van der Waals surface area contributed by atoms with Gasteiger partial charge in [0.05, 0.1) is 29.6 Å². The van der Waals surface area contributed by atoms with Crippen molar-refractivity contribution < 1.29 is 14.1 Å². The molecule has 0 unspecified atom stereocenters. The van der Waals surface area contributed by atoms with Crippen LogP contribution in [0.15, 0.2) is 35.0 Å². The maximum atomic E-state index is 13.0. The minimum absolute atomic E-state index is 0.212. The number of ether oxygens (including phenoxy) is 1. The van der Waals surface area contributed by atoms with E-state index in [9.17, 15) is 4.79 Å². The van der Waals surface area contributed by atoms with Gasteiger partial charge in [0, 0.05) is 32.2 Å². The normalized spacial score (nSPS) is 15.3. The number of benzene rings is 1. The van der Waals surface area contributed by atoms with Crippen molar-refractivity contribution in [3.05, 3.63) is 41.8 Å². The molecule has 7 nitrogen and oxygen atoms in total. The number of carbonyl (C=O) groups excluding carboxylic acids is 1. The van der Waals surface area contributed by atoms with Crippen molar-refractivity contribution in [1.82, 2.24) is 15.0 Å². The summed E-state index contributed by atoms with van der Waals surface area (Å²) in [5.41, 5.74) is 2.17. The van der Waals surface area contributed by atoms with E-state index in [1.807, 2.05) is 6.07 Å². The molecule has 142 valence electrons. The van der Waals surface area contributed by atoms with Crippen LogP contribution in [0.2, 0.25) is 0 Å². The van der Waals surface area contributed by atoms with Crippen LogP contribution in [-0.4, -0.2) is 60.3 Å². The average Bonchev–Trinajstić information content (AvgIpc) is 3.38. The minimum Gasteiger partial charge on any atom is -0.379 e. The number of anilines is 1. The van der Waals surface area contributed by atoms with Gasteiger partial charge in [-0.1, -0.05) is 29.5 Å². The predicted molar refractivity (Wildman–Crippen MR) is 104 cm³/mol. The van der Waals surface area contributed by atoms with E-state index in [-0.39, 0.29) is 11.7 Å². The van der Waals surface area contributed by atoms with E-state index >= 15 is 0 Å². The van der Waals surface area contributed by atoms with Crippen molar-refractivity contribution >= 4 is 32.6 Å². The standard InChI is InChI=1S/C19H22N4O3S/c1-2-14-3-4-15-17(13-14)27-19(21-15)23(18(24)16-5-6-20-26-16)8-7-22-9-11-25-12-10-22/h3-6,13H,2,7-12H2,1H3. The van der Waals surface area contributed by atoms with Crippen LogP contribution in [0.25, 0.3) is 10.2 Å². The van der Waals surface area contributed by atoms with Gasteiger partial charge >= 0.3 is 0 Å². The maximum Gasteiger partial charge on any atom is 0.298 e. The Labute approximate surface area is 161 Å². The first-order valence-electron chi connectivity index (χ1n) is 9.16. The van der Waals surface area contributed by atoms with Crippen LogP contribution >= 0.6 is 11.3 Å². The van der Waals surface area contributed by atoms with E-state index in [0.717, 1.165) is 49.5 Å². The molecule has 0 atom stereocenters. The molecule has 1 aliphatic rings. The zero-order valence-corrected chi connectivity index (χ0v) is 16.1. The molecular formula is C19H22N4O3S. The Balaban J connectivity index is 1.61. The van der Waals surface area contributed by atoms with E-state index in [2.05, 4.69) is 29.1 Å². The zero-order chi connectivity index (χ0) is 18.6. The third kappa shape index (κ3) is 4.02. The molecule has 2 aromatic heterocycles. The fraction of sp³-hybridized carbons (Fsp3) is 0.421. The third-order valence-corrected chi connectivity index (χ3v) is 5.76. The Kier molecular flexibility index (Phi) is 5.47. The van der Waals surface area contributed by atoms with E-state index in [1.165, 1.54) is 23.1 Å². The molecular weight excluding hydrogens is 364 g/mol. The first-order chi connectivity index (χ1) is 13.2.